The molecule has 2 N–H and O–H groups in total. The minimum atomic E-state index is -1.32. The number of nitrogens with zero attached hydrogens (tertiary/aromatic N) is 3. The highest BCUT2D eigenvalue weighted by Gasteiger charge is 2.32. The first-order chi connectivity index (χ1) is 14.2. The van der Waals surface area contributed by atoms with E-state index in [1.807, 2.05) is 13.8 Å². The van der Waals surface area contributed by atoms with Gasteiger partial charge in [0.2, 0.25) is 5.91 Å². The largest absolute Gasteiger partial charge is 0.480 e. The molecule has 0 aromatic carbocycles. The number of aliphatic carboxylic acids is 1. The maximum Gasteiger partial charge on any atom is 0.333 e. The average Bonchev–Trinajstić information content (AvgIpc) is 3.28. The lowest BCUT2D eigenvalue weighted by molar-refractivity contribution is -0.137. The second-order valence-electron chi connectivity index (χ2n) is 7.45. The Hall–Kier alpha value is -2.83. The van der Waals surface area contributed by atoms with Crippen molar-refractivity contribution >= 4 is 49.9 Å². The van der Waals surface area contributed by atoms with Crippen LogP contribution < -0.4 is 16.6 Å². The lowest BCUT2D eigenvalue weighted by Gasteiger charge is -2.29. The van der Waals surface area contributed by atoms with Gasteiger partial charge in [-0.05, 0) is 19.4 Å². The Morgan fingerprint density at radius 3 is 2.73 bits per heavy atom. The van der Waals surface area contributed by atoms with Crippen LogP contribution in [0.5, 0.6) is 0 Å². The second-order valence-corrected chi connectivity index (χ2v) is 9.43. The molecule has 1 aliphatic heterocycles. The number of carboxylic acid groups (broad SMARTS) is 1. The van der Waals surface area contributed by atoms with Crippen molar-refractivity contribution in [1.82, 2.24) is 14.1 Å². The van der Waals surface area contributed by atoms with Crippen molar-refractivity contribution in [2.24, 2.45) is 0 Å². The molecule has 158 valence electrons. The van der Waals surface area contributed by atoms with E-state index in [0.29, 0.717) is 20.9 Å². The Kier molecular flexibility index (Phi) is 5.08. The number of ether oxygens (including phenoxy) is 1. The molecule has 0 bridgehead atoms. The minimum Gasteiger partial charge on any atom is -0.480 e. The number of carbonyl (C=O) groups excluding carboxylic acids is 1. The molecule has 3 aromatic heterocycles. The highest BCUT2D eigenvalue weighted by atomic mass is 32.1. The first-order valence-corrected chi connectivity index (χ1v) is 10.7. The third-order valence-corrected chi connectivity index (χ3v) is 6.63. The first kappa shape index (κ1) is 20.4. The zero-order valence-corrected chi connectivity index (χ0v) is 17.8. The number of thiophene rings is 1. The summed E-state index contributed by atoms with van der Waals surface area (Å²) in [6.07, 6.45) is 1.97. The van der Waals surface area contributed by atoms with Crippen molar-refractivity contribution in [2.75, 3.05) is 5.32 Å². The molecule has 4 heterocycles. The van der Waals surface area contributed by atoms with Gasteiger partial charge in [0, 0.05) is 22.9 Å². The zero-order valence-electron chi connectivity index (χ0n) is 16.1. The standard InChI is InChI=1S/C18H18N4O6S2/c1-18(2)5-9-10(8-28-18)30-15-13(9)14(26)21(7-12(24)25)17(27)22(15)6-11(23)20-16-19-3-4-29-16/h3-4H,5-8H2,1-2H3,(H,24,25)(H,19,20,23). The van der Waals surface area contributed by atoms with Gasteiger partial charge in [0.15, 0.2) is 5.13 Å². The molecule has 0 radical (unpaired) electrons. The van der Waals surface area contributed by atoms with E-state index in [0.717, 1.165) is 15.0 Å². The molecule has 12 heteroatoms. The molecular weight excluding hydrogens is 432 g/mol. The fourth-order valence-electron chi connectivity index (χ4n) is 3.41. The number of amides is 1. The maximum absolute atomic E-state index is 13.1. The normalized spacial score (nSPS) is 15.1. The van der Waals surface area contributed by atoms with E-state index < -0.39 is 35.3 Å². The highest BCUT2D eigenvalue weighted by molar-refractivity contribution is 7.18. The number of fused-ring (bicyclic) bond motifs is 3. The van der Waals surface area contributed by atoms with Crippen LogP contribution in [0.1, 0.15) is 24.3 Å². The number of hydrogen-bond donors (Lipinski definition) is 2. The summed E-state index contributed by atoms with van der Waals surface area (Å²) in [5.74, 6) is -1.82. The topological polar surface area (TPSA) is 133 Å². The zero-order chi connectivity index (χ0) is 21.6. The third-order valence-electron chi connectivity index (χ3n) is 4.71. The number of carbonyl (C=O) groups is 2. The van der Waals surface area contributed by atoms with Crippen LogP contribution in [-0.4, -0.2) is 36.7 Å². The lowest BCUT2D eigenvalue weighted by atomic mass is 9.94. The predicted molar refractivity (Wildman–Crippen MR) is 111 cm³/mol. The number of rotatable bonds is 5. The van der Waals surface area contributed by atoms with Gasteiger partial charge < -0.3 is 15.2 Å². The molecular formula is C18H18N4O6S2. The van der Waals surface area contributed by atoms with E-state index in [-0.39, 0.29) is 18.5 Å². The molecule has 0 aliphatic carbocycles. The highest BCUT2D eigenvalue weighted by Crippen LogP contribution is 2.37. The van der Waals surface area contributed by atoms with Gasteiger partial charge in [0.05, 0.1) is 17.6 Å². The number of carboxylic acids is 1. The Balaban J connectivity index is 1.89. The van der Waals surface area contributed by atoms with Crippen molar-refractivity contribution in [1.29, 1.82) is 0 Å². The third kappa shape index (κ3) is 3.68. The summed E-state index contributed by atoms with van der Waals surface area (Å²) in [5, 5.41) is 14.1. The Morgan fingerprint density at radius 2 is 2.07 bits per heavy atom. The molecule has 0 saturated carbocycles. The number of hydrogen-bond acceptors (Lipinski definition) is 8. The summed E-state index contributed by atoms with van der Waals surface area (Å²) in [5.41, 5.74) is -1.27. The molecule has 0 spiro atoms. The number of aromatic nitrogens is 3. The van der Waals surface area contributed by atoms with Crippen molar-refractivity contribution in [3.05, 3.63) is 42.9 Å². The van der Waals surface area contributed by atoms with Crippen LogP contribution >= 0.6 is 22.7 Å². The molecule has 1 amide bonds. The predicted octanol–water partition coefficient (Wildman–Crippen LogP) is 1.26. The molecule has 0 saturated heterocycles. The Morgan fingerprint density at radius 1 is 1.30 bits per heavy atom. The van der Waals surface area contributed by atoms with Crippen LogP contribution in [0.25, 0.3) is 10.2 Å². The monoisotopic (exact) mass is 450 g/mol. The van der Waals surface area contributed by atoms with E-state index >= 15 is 0 Å². The number of thiazole rings is 1. The molecule has 0 unspecified atom stereocenters. The van der Waals surface area contributed by atoms with Crippen molar-refractivity contribution in [2.45, 2.75) is 45.6 Å². The summed E-state index contributed by atoms with van der Waals surface area (Å²) in [4.78, 5) is 54.9. The van der Waals surface area contributed by atoms with Crippen LogP contribution in [-0.2, 0) is 40.4 Å². The summed E-state index contributed by atoms with van der Waals surface area (Å²) in [6, 6.07) is 0. The lowest BCUT2D eigenvalue weighted by Crippen LogP contribution is -2.43. The first-order valence-electron chi connectivity index (χ1n) is 8.99. The van der Waals surface area contributed by atoms with Gasteiger partial charge in [-0.1, -0.05) is 0 Å². The van der Waals surface area contributed by atoms with E-state index in [1.54, 1.807) is 5.38 Å². The molecule has 30 heavy (non-hydrogen) atoms. The molecule has 0 atom stereocenters. The fraction of sp³-hybridized carbons (Fsp3) is 0.389. The van der Waals surface area contributed by atoms with Crippen molar-refractivity contribution in [3.8, 4) is 0 Å². The van der Waals surface area contributed by atoms with E-state index in [1.165, 1.54) is 28.9 Å². The average molecular weight is 450 g/mol. The van der Waals surface area contributed by atoms with Gasteiger partial charge in [-0.2, -0.15) is 0 Å². The van der Waals surface area contributed by atoms with Crippen LogP contribution in [0, 0.1) is 0 Å². The van der Waals surface area contributed by atoms with Gasteiger partial charge in [0.1, 0.15) is 17.9 Å². The molecule has 1 aliphatic rings. The SMILES string of the molecule is CC1(C)Cc2c(sc3c2c(=O)n(CC(=O)O)c(=O)n3CC(=O)Nc2nccs2)CO1. The summed E-state index contributed by atoms with van der Waals surface area (Å²) in [6.45, 7) is 2.91. The van der Waals surface area contributed by atoms with Crippen LogP contribution in [0.2, 0.25) is 0 Å². The Labute approximate surface area is 177 Å². The maximum atomic E-state index is 13.1. The summed E-state index contributed by atoms with van der Waals surface area (Å²) < 4.78 is 7.63. The number of nitrogens with one attached hydrogen (secondary N) is 1. The van der Waals surface area contributed by atoms with Gasteiger partial charge in [0.25, 0.3) is 5.56 Å². The summed E-state index contributed by atoms with van der Waals surface area (Å²) in [7, 11) is 0. The van der Waals surface area contributed by atoms with E-state index in [2.05, 4.69) is 10.3 Å². The van der Waals surface area contributed by atoms with Gasteiger partial charge in [-0.15, -0.1) is 22.7 Å². The smallest absolute Gasteiger partial charge is 0.333 e. The van der Waals surface area contributed by atoms with E-state index in [4.69, 9.17) is 4.74 Å². The quantitative estimate of drug-likeness (QED) is 0.598. The molecule has 4 rings (SSSR count). The Bertz CT molecular complexity index is 1270. The van der Waals surface area contributed by atoms with Crippen molar-refractivity contribution < 1.29 is 19.4 Å². The van der Waals surface area contributed by atoms with Gasteiger partial charge in [-0.3, -0.25) is 19.0 Å². The van der Waals surface area contributed by atoms with Crippen molar-refractivity contribution in [3.63, 3.8) is 0 Å². The van der Waals surface area contributed by atoms with Crippen LogP contribution in [0.4, 0.5) is 5.13 Å². The molecule has 0 fully saturated rings. The van der Waals surface area contributed by atoms with Gasteiger partial charge >= 0.3 is 11.7 Å². The molecule has 3 aromatic rings. The van der Waals surface area contributed by atoms with Crippen LogP contribution in [0.3, 0.4) is 0 Å². The van der Waals surface area contributed by atoms with Gasteiger partial charge in [-0.25, -0.2) is 14.3 Å². The summed E-state index contributed by atoms with van der Waals surface area (Å²) >= 11 is 2.45. The van der Waals surface area contributed by atoms with E-state index in [9.17, 15) is 24.3 Å². The number of anilines is 1. The minimum absolute atomic E-state index is 0.272. The van der Waals surface area contributed by atoms with Crippen LogP contribution in [0.15, 0.2) is 21.2 Å². The second kappa shape index (κ2) is 7.45. The molecule has 10 nitrogen and oxygen atoms in total. The fourth-order valence-corrected chi connectivity index (χ4v) is 5.16.